The maximum Gasteiger partial charge on any atom is 0.330 e. The zero-order valence-electron chi connectivity index (χ0n) is 22.2. The van der Waals surface area contributed by atoms with Crippen LogP contribution in [0.5, 0.6) is 0 Å². The van der Waals surface area contributed by atoms with E-state index in [0.29, 0.717) is 11.7 Å². The molecule has 194 valence electrons. The summed E-state index contributed by atoms with van der Waals surface area (Å²) < 4.78 is 9.17. The highest BCUT2D eigenvalue weighted by Gasteiger charge is 2.30. The quantitative estimate of drug-likeness (QED) is 0.409. The van der Waals surface area contributed by atoms with Crippen molar-refractivity contribution in [2.45, 2.75) is 50.3 Å². The number of piperidine rings is 1. The van der Waals surface area contributed by atoms with Gasteiger partial charge in [0, 0.05) is 50.4 Å². The molecule has 1 aliphatic carbocycles. The van der Waals surface area contributed by atoms with Crippen molar-refractivity contribution < 1.29 is 4.74 Å². The molecule has 0 unspecified atom stereocenters. The van der Waals surface area contributed by atoms with Crippen molar-refractivity contribution >= 4 is 27.8 Å². The fourth-order valence-corrected chi connectivity index (χ4v) is 6.28. The minimum absolute atomic E-state index is 0.0358. The number of hydrogen-bond donors (Lipinski definition) is 0. The molecule has 2 aromatic carbocycles. The van der Waals surface area contributed by atoms with Gasteiger partial charge in [0.2, 0.25) is 0 Å². The number of benzene rings is 2. The molecule has 1 saturated carbocycles. The van der Waals surface area contributed by atoms with Gasteiger partial charge >= 0.3 is 5.69 Å². The van der Waals surface area contributed by atoms with Crippen LogP contribution in [0.2, 0.25) is 0 Å². The number of imidazole rings is 1. The number of rotatable bonds is 5. The van der Waals surface area contributed by atoms with Crippen molar-refractivity contribution in [1.82, 2.24) is 24.2 Å². The van der Waals surface area contributed by atoms with Gasteiger partial charge in [-0.05, 0) is 81.6 Å². The standard InChI is InChI=1S/C29H36N6O2/c1-32(2)21-13-15-34(16-14-21)22-8-5-19(6-9-22)20-7-12-26-25(17-20)27-28(31-30-26)33(3)29(36)35(27)23-10-11-24(18-23)37-4/h5-9,12,17,21,23-24H,10-11,13-16,18H2,1-4H3/t23-,24-/m0/s1. The van der Waals surface area contributed by atoms with Gasteiger partial charge in [-0.1, -0.05) is 18.2 Å². The summed E-state index contributed by atoms with van der Waals surface area (Å²) >= 11 is 0. The molecule has 0 spiro atoms. The Morgan fingerprint density at radius 3 is 2.35 bits per heavy atom. The lowest BCUT2D eigenvalue weighted by Gasteiger charge is -2.36. The molecule has 2 aromatic heterocycles. The van der Waals surface area contributed by atoms with Gasteiger partial charge in [-0.2, -0.15) is 0 Å². The molecule has 2 atom stereocenters. The molecule has 6 rings (SSSR count). The first kappa shape index (κ1) is 24.1. The van der Waals surface area contributed by atoms with Gasteiger partial charge in [0.1, 0.15) is 5.52 Å². The highest BCUT2D eigenvalue weighted by Crippen LogP contribution is 2.35. The van der Waals surface area contributed by atoms with Gasteiger partial charge in [-0.3, -0.25) is 9.13 Å². The number of ether oxygens (including phenoxy) is 1. The molecular weight excluding hydrogens is 464 g/mol. The van der Waals surface area contributed by atoms with Crippen molar-refractivity contribution in [2.24, 2.45) is 7.05 Å². The summed E-state index contributed by atoms with van der Waals surface area (Å²) in [5.41, 5.74) is 5.82. The Labute approximate surface area is 217 Å². The number of hydrogen-bond acceptors (Lipinski definition) is 6. The summed E-state index contributed by atoms with van der Waals surface area (Å²) in [7, 11) is 7.89. The third-order valence-corrected chi connectivity index (χ3v) is 8.58. The molecule has 2 aliphatic rings. The first-order valence-electron chi connectivity index (χ1n) is 13.4. The molecular formula is C29H36N6O2. The smallest absolute Gasteiger partial charge is 0.330 e. The van der Waals surface area contributed by atoms with Crippen LogP contribution >= 0.6 is 0 Å². The number of methoxy groups -OCH3 is 1. The van der Waals surface area contributed by atoms with Gasteiger partial charge in [0.25, 0.3) is 0 Å². The lowest BCUT2D eigenvalue weighted by atomic mass is 10.0. The average Bonchev–Trinajstić information content (AvgIpc) is 3.51. The summed E-state index contributed by atoms with van der Waals surface area (Å²) in [5.74, 6) is 0. The van der Waals surface area contributed by atoms with E-state index in [1.165, 1.54) is 18.5 Å². The second-order valence-electron chi connectivity index (χ2n) is 10.9. The first-order valence-corrected chi connectivity index (χ1v) is 13.4. The second kappa shape index (κ2) is 9.58. The molecule has 0 radical (unpaired) electrons. The largest absolute Gasteiger partial charge is 0.381 e. The minimum Gasteiger partial charge on any atom is -0.381 e. The van der Waals surface area contributed by atoms with E-state index >= 15 is 0 Å². The number of fused-ring (bicyclic) bond motifs is 3. The van der Waals surface area contributed by atoms with E-state index in [1.54, 1.807) is 18.7 Å². The van der Waals surface area contributed by atoms with Crippen LogP contribution in [0.4, 0.5) is 5.69 Å². The second-order valence-corrected chi connectivity index (χ2v) is 10.9. The van der Waals surface area contributed by atoms with Crippen LogP contribution in [-0.4, -0.2) is 70.7 Å². The molecule has 8 heteroatoms. The maximum absolute atomic E-state index is 13.3. The van der Waals surface area contributed by atoms with Crippen LogP contribution in [0.1, 0.15) is 38.1 Å². The van der Waals surface area contributed by atoms with Crippen LogP contribution in [0.25, 0.3) is 33.2 Å². The van der Waals surface area contributed by atoms with Crippen LogP contribution in [0.3, 0.4) is 0 Å². The van der Waals surface area contributed by atoms with Gasteiger partial charge in [-0.25, -0.2) is 4.79 Å². The molecule has 37 heavy (non-hydrogen) atoms. The Morgan fingerprint density at radius 2 is 1.68 bits per heavy atom. The first-order chi connectivity index (χ1) is 17.9. The predicted octanol–water partition coefficient (Wildman–Crippen LogP) is 4.22. The number of aryl methyl sites for hydroxylation is 1. The average molecular weight is 501 g/mol. The summed E-state index contributed by atoms with van der Waals surface area (Å²) in [6, 6.07) is 15.9. The van der Waals surface area contributed by atoms with Crippen LogP contribution in [0, 0.1) is 0 Å². The normalized spacial score (nSPS) is 21.1. The van der Waals surface area contributed by atoms with Gasteiger partial charge in [0.05, 0.1) is 11.6 Å². The van der Waals surface area contributed by atoms with E-state index in [-0.39, 0.29) is 17.8 Å². The van der Waals surface area contributed by atoms with Crippen molar-refractivity contribution in [2.75, 3.05) is 39.2 Å². The number of aromatic nitrogens is 4. The molecule has 0 amide bonds. The fourth-order valence-electron chi connectivity index (χ4n) is 6.28. The van der Waals surface area contributed by atoms with Crippen molar-refractivity contribution in [3.8, 4) is 11.1 Å². The Hall–Kier alpha value is -3.23. The highest BCUT2D eigenvalue weighted by atomic mass is 16.5. The topological polar surface area (TPSA) is 68.4 Å². The SMILES string of the molecule is CO[C@H]1CC[C@H](n2c(=O)n(C)c3nnc4ccc(-c5ccc(N6CCC(N(C)C)CC6)cc5)cc4c32)C1. The van der Waals surface area contributed by atoms with E-state index in [0.717, 1.165) is 59.9 Å². The van der Waals surface area contributed by atoms with E-state index < -0.39 is 0 Å². The van der Waals surface area contributed by atoms with E-state index in [9.17, 15) is 4.79 Å². The van der Waals surface area contributed by atoms with Gasteiger partial charge in [-0.15, -0.1) is 10.2 Å². The predicted molar refractivity (Wildman–Crippen MR) is 148 cm³/mol. The molecule has 8 nitrogen and oxygen atoms in total. The Morgan fingerprint density at radius 1 is 0.946 bits per heavy atom. The Kier molecular flexibility index (Phi) is 6.24. The number of anilines is 1. The van der Waals surface area contributed by atoms with Crippen molar-refractivity contribution in [3.05, 3.63) is 52.9 Å². The van der Waals surface area contributed by atoms with Crippen LogP contribution < -0.4 is 10.6 Å². The van der Waals surface area contributed by atoms with Crippen molar-refractivity contribution in [1.29, 1.82) is 0 Å². The van der Waals surface area contributed by atoms with Gasteiger partial charge in [0.15, 0.2) is 5.65 Å². The highest BCUT2D eigenvalue weighted by molar-refractivity contribution is 6.02. The summed E-state index contributed by atoms with van der Waals surface area (Å²) in [6.07, 6.45) is 5.31. The Balaban J connectivity index is 1.36. The minimum atomic E-state index is -0.0358. The van der Waals surface area contributed by atoms with Crippen LogP contribution in [0.15, 0.2) is 47.3 Å². The summed E-state index contributed by atoms with van der Waals surface area (Å²) in [4.78, 5) is 18.2. The maximum atomic E-state index is 13.3. The third kappa shape index (κ3) is 4.22. The molecule has 0 N–H and O–H groups in total. The third-order valence-electron chi connectivity index (χ3n) is 8.58. The zero-order chi connectivity index (χ0) is 25.7. The van der Waals surface area contributed by atoms with E-state index in [1.807, 2.05) is 10.6 Å². The zero-order valence-corrected chi connectivity index (χ0v) is 22.2. The van der Waals surface area contributed by atoms with Gasteiger partial charge < -0.3 is 14.5 Å². The fraction of sp³-hybridized carbons (Fsp3) is 0.483. The monoisotopic (exact) mass is 500 g/mol. The number of nitrogens with zero attached hydrogens (tertiary/aromatic N) is 6. The van der Waals surface area contributed by atoms with Crippen LogP contribution in [-0.2, 0) is 11.8 Å². The molecule has 4 aromatic rings. The van der Waals surface area contributed by atoms with Crippen molar-refractivity contribution in [3.63, 3.8) is 0 Å². The lowest BCUT2D eigenvalue weighted by molar-refractivity contribution is 0.106. The lowest BCUT2D eigenvalue weighted by Crippen LogP contribution is -2.41. The van der Waals surface area contributed by atoms with E-state index in [4.69, 9.17) is 4.74 Å². The molecule has 2 fully saturated rings. The van der Waals surface area contributed by atoms with E-state index in [2.05, 4.69) is 70.5 Å². The molecule has 1 aliphatic heterocycles. The summed E-state index contributed by atoms with van der Waals surface area (Å²) in [6.45, 7) is 2.18. The molecule has 1 saturated heterocycles. The summed E-state index contributed by atoms with van der Waals surface area (Å²) in [5, 5.41) is 9.86. The molecule has 0 bridgehead atoms. The molecule has 3 heterocycles. The Bertz CT molecular complexity index is 1480.